The number of piperidine rings is 1. The molecule has 2 N–H and O–H groups in total. The zero-order chi connectivity index (χ0) is 19.1. The van der Waals surface area contributed by atoms with Gasteiger partial charge in [0.2, 0.25) is 11.8 Å². The Hall–Kier alpha value is -2.66. The Morgan fingerprint density at radius 3 is 2.48 bits per heavy atom. The van der Waals surface area contributed by atoms with E-state index in [4.69, 9.17) is 0 Å². The smallest absolute Gasteiger partial charge is 0.231 e. The summed E-state index contributed by atoms with van der Waals surface area (Å²) in [5.41, 5.74) is 2.62. The molecular formula is C22H27N3O2. The summed E-state index contributed by atoms with van der Waals surface area (Å²) in [5, 5.41) is 6.24. The first-order valence-corrected chi connectivity index (χ1v) is 9.63. The number of nitrogens with zero attached hydrogens (tertiary/aromatic N) is 1. The lowest BCUT2D eigenvalue weighted by atomic mass is 9.99. The van der Waals surface area contributed by atoms with Gasteiger partial charge in [-0.1, -0.05) is 30.3 Å². The van der Waals surface area contributed by atoms with Crippen molar-refractivity contribution in [2.24, 2.45) is 5.92 Å². The minimum absolute atomic E-state index is 0.0315. The summed E-state index contributed by atoms with van der Waals surface area (Å²) in [4.78, 5) is 26.7. The second-order valence-corrected chi connectivity index (χ2v) is 6.88. The second kappa shape index (κ2) is 9.33. The third-order valence-electron chi connectivity index (χ3n) is 4.93. The maximum atomic E-state index is 12.7. The van der Waals surface area contributed by atoms with Crippen LogP contribution in [0.5, 0.6) is 0 Å². The van der Waals surface area contributed by atoms with Gasteiger partial charge in [-0.2, -0.15) is 0 Å². The van der Waals surface area contributed by atoms with Gasteiger partial charge in [0.15, 0.2) is 0 Å². The van der Waals surface area contributed by atoms with E-state index in [1.165, 1.54) is 0 Å². The molecule has 1 saturated heterocycles. The Bertz CT molecular complexity index is 753. The molecule has 2 amide bonds. The molecule has 0 radical (unpaired) electrons. The average molecular weight is 365 g/mol. The number of hydrogen-bond donors (Lipinski definition) is 2. The molecule has 1 atom stereocenters. The molecule has 0 aliphatic carbocycles. The number of anilines is 2. The highest BCUT2D eigenvalue weighted by Crippen LogP contribution is 2.17. The van der Waals surface area contributed by atoms with E-state index in [1.807, 2.05) is 61.5 Å². The number of hydrogen-bond acceptors (Lipinski definition) is 3. The van der Waals surface area contributed by atoms with Crippen molar-refractivity contribution in [1.29, 1.82) is 0 Å². The molecular weight excluding hydrogens is 338 g/mol. The minimum Gasteiger partial charge on any atom is -0.326 e. The van der Waals surface area contributed by atoms with Crippen molar-refractivity contribution in [2.45, 2.75) is 26.2 Å². The maximum Gasteiger partial charge on any atom is 0.231 e. The normalized spacial score (nSPS) is 16.6. The summed E-state index contributed by atoms with van der Waals surface area (Å²) < 4.78 is 0. The highest BCUT2D eigenvalue weighted by Gasteiger charge is 2.21. The zero-order valence-electron chi connectivity index (χ0n) is 15.8. The van der Waals surface area contributed by atoms with Crippen LogP contribution in [0, 0.1) is 5.92 Å². The van der Waals surface area contributed by atoms with Crippen molar-refractivity contribution in [1.82, 2.24) is 5.32 Å². The molecule has 0 bridgehead atoms. The predicted molar refractivity (Wildman–Crippen MR) is 109 cm³/mol. The molecule has 0 aromatic heterocycles. The molecule has 0 saturated carbocycles. The Balaban J connectivity index is 1.58. The first-order valence-electron chi connectivity index (χ1n) is 9.63. The van der Waals surface area contributed by atoms with Crippen molar-refractivity contribution in [2.75, 3.05) is 29.9 Å². The van der Waals surface area contributed by atoms with E-state index in [-0.39, 0.29) is 17.7 Å². The molecule has 2 aromatic rings. The second-order valence-electron chi connectivity index (χ2n) is 6.88. The Labute approximate surface area is 160 Å². The number of nitrogens with one attached hydrogen (secondary N) is 2. The molecule has 0 spiro atoms. The van der Waals surface area contributed by atoms with Crippen LogP contribution in [-0.2, 0) is 16.0 Å². The van der Waals surface area contributed by atoms with Gasteiger partial charge in [-0.15, -0.1) is 0 Å². The molecule has 1 heterocycles. The lowest BCUT2D eigenvalue weighted by Gasteiger charge is -2.22. The molecule has 5 nitrogen and oxygen atoms in total. The van der Waals surface area contributed by atoms with Crippen LogP contribution in [0.1, 0.15) is 25.3 Å². The molecule has 1 fully saturated rings. The summed E-state index contributed by atoms with van der Waals surface area (Å²) in [6, 6.07) is 17.3. The van der Waals surface area contributed by atoms with Crippen LogP contribution in [0.3, 0.4) is 0 Å². The minimum atomic E-state index is 0.0315. The van der Waals surface area contributed by atoms with Crippen molar-refractivity contribution in [3.05, 3.63) is 60.2 Å². The van der Waals surface area contributed by atoms with Crippen LogP contribution >= 0.6 is 0 Å². The molecule has 3 rings (SSSR count). The fourth-order valence-electron chi connectivity index (χ4n) is 3.41. The maximum absolute atomic E-state index is 12.7. The van der Waals surface area contributed by atoms with Crippen LogP contribution in [0.25, 0.3) is 0 Å². The Morgan fingerprint density at radius 1 is 1.11 bits per heavy atom. The molecule has 142 valence electrons. The van der Waals surface area contributed by atoms with Gasteiger partial charge < -0.3 is 15.5 Å². The first-order chi connectivity index (χ1) is 13.2. The lowest BCUT2D eigenvalue weighted by Crippen LogP contribution is -2.37. The molecule has 2 aromatic carbocycles. The third kappa shape index (κ3) is 5.17. The fourth-order valence-corrected chi connectivity index (χ4v) is 3.41. The van der Waals surface area contributed by atoms with Gasteiger partial charge in [0.1, 0.15) is 0 Å². The summed E-state index contributed by atoms with van der Waals surface area (Å²) in [7, 11) is 0. The summed E-state index contributed by atoms with van der Waals surface area (Å²) >= 11 is 0. The number of para-hydroxylation sites is 1. The van der Waals surface area contributed by atoms with Crippen LogP contribution in [0.15, 0.2) is 54.6 Å². The molecule has 1 aliphatic heterocycles. The number of carbonyl (C=O) groups is 2. The SMILES string of the molecule is CCN(C(=O)Cc1ccc(NC(=O)C2CCCNC2)cc1)c1ccccc1. The van der Waals surface area contributed by atoms with E-state index < -0.39 is 0 Å². The molecule has 1 aliphatic rings. The lowest BCUT2D eigenvalue weighted by molar-refractivity contribution is -0.120. The third-order valence-corrected chi connectivity index (χ3v) is 4.93. The number of likely N-dealkylation sites (N-methyl/N-ethyl adjacent to an activating group) is 1. The average Bonchev–Trinajstić information content (AvgIpc) is 2.71. The standard InChI is InChI=1S/C22H27N3O2/c1-2-25(20-8-4-3-5-9-20)21(26)15-17-10-12-19(13-11-17)24-22(27)18-7-6-14-23-16-18/h3-5,8-13,18,23H,2,6-7,14-16H2,1H3,(H,24,27). The van der Waals surface area contributed by atoms with E-state index in [0.29, 0.717) is 13.0 Å². The highest BCUT2D eigenvalue weighted by atomic mass is 16.2. The van der Waals surface area contributed by atoms with E-state index in [9.17, 15) is 9.59 Å². The van der Waals surface area contributed by atoms with Gasteiger partial charge in [-0.3, -0.25) is 9.59 Å². The van der Waals surface area contributed by atoms with Crippen molar-refractivity contribution >= 4 is 23.2 Å². The van der Waals surface area contributed by atoms with Crippen LogP contribution in [0.2, 0.25) is 0 Å². The number of carbonyl (C=O) groups excluding carboxylic acids is 2. The van der Waals surface area contributed by atoms with Crippen molar-refractivity contribution in [3.8, 4) is 0 Å². The monoisotopic (exact) mass is 365 g/mol. The molecule has 5 heteroatoms. The first kappa shape index (κ1) is 19.1. The quantitative estimate of drug-likeness (QED) is 0.826. The molecule has 27 heavy (non-hydrogen) atoms. The van der Waals surface area contributed by atoms with E-state index in [1.54, 1.807) is 4.90 Å². The van der Waals surface area contributed by atoms with Gasteiger partial charge in [-0.05, 0) is 56.1 Å². The number of amides is 2. The van der Waals surface area contributed by atoms with Crippen LogP contribution in [-0.4, -0.2) is 31.4 Å². The summed E-state index contributed by atoms with van der Waals surface area (Å²) in [5.74, 6) is 0.157. The predicted octanol–water partition coefficient (Wildman–Crippen LogP) is 3.22. The van der Waals surface area contributed by atoms with Crippen LogP contribution in [0.4, 0.5) is 11.4 Å². The zero-order valence-corrected chi connectivity index (χ0v) is 15.8. The van der Waals surface area contributed by atoms with Gasteiger partial charge in [0.05, 0.1) is 12.3 Å². The fraction of sp³-hybridized carbons (Fsp3) is 0.364. The highest BCUT2D eigenvalue weighted by molar-refractivity contribution is 5.95. The van der Waals surface area contributed by atoms with E-state index >= 15 is 0 Å². The van der Waals surface area contributed by atoms with Crippen LogP contribution < -0.4 is 15.5 Å². The van der Waals surface area contributed by atoms with Gasteiger partial charge in [0.25, 0.3) is 0 Å². The number of benzene rings is 2. The topological polar surface area (TPSA) is 61.4 Å². The summed E-state index contributed by atoms with van der Waals surface area (Å²) in [6.07, 6.45) is 2.30. The largest absolute Gasteiger partial charge is 0.326 e. The van der Waals surface area contributed by atoms with Crippen molar-refractivity contribution < 1.29 is 9.59 Å². The van der Waals surface area contributed by atoms with Crippen molar-refractivity contribution in [3.63, 3.8) is 0 Å². The molecule has 1 unspecified atom stereocenters. The number of rotatable bonds is 6. The Morgan fingerprint density at radius 2 is 1.85 bits per heavy atom. The van der Waals surface area contributed by atoms with E-state index in [0.717, 1.165) is 42.9 Å². The van der Waals surface area contributed by atoms with Gasteiger partial charge in [0, 0.05) is 24.5 Å². The van der Waals surface area contributed by atoms with Gasteiger partial charge >= 0.3 is 0 Å². The van der Waals surface area contributed by atoms with E-state index in [2.05, 4.69) is 10.6 Å². The Kier molecular flexibility index (Phi) is 6.60. The van der Waals surface area contributed by atoms with Gasteiger partial charge in [-0.25, -0.2) is 0 Å². The summed E-state index contributed by atoms with van der Waals surface area (Å²) in [6.45, 7) is 4.34.